The first kappa shape index (κ1) is 9.77. The van der Waals surface area contributed by atoms with Crippen LogP contribution in [0.5, 0.6) is 0 Å². The highest BCUT2D eigenvalue weighted by molar-refractivity contribution is 6.70. The highest BCUT2D eigenvalue weighted by Gasteiger charge is 2.13. The van der Waals surface area contributed by atoms with E-state index in [0.717, 1.165) is 0 Å². The van der Waals surface area contributed by atoms with E-state index in [1.807, 2.05) is 0 Å². The molecule has 58 valence electrons. The van der Waals surface area contributed by atoms with Crippen LogP contribution in [0.4, 0.5) is 0 Å². The van der Waals surface area contributed by atoms with Gasteiger partial charge >= 0.3 is 0 Å². The molecule has 0 spiro atoms. The van der Waals surface area contributed by atoms with Gasteiger partial charge in [-0.3, -0.25) is 0 Å². The predicted molar refractivity (Wildman–Crippen MR) is 42.2 cm³/mol. The lowest BCUT2D eigenvalue weighted by Gasteiger charge is -2.11. The monoisotopic (exact) mass is 176 g/mol. The molecular formula is C5H12O3Si2. The van der Waals surface area contributed by atoms with Crippen LogP contribution in [0.1, 0.15) is 0 Å². The Kier molecular flexibility index (Phi) is 4.46. The summed E-state index contributed by atoms with van der Waals surface area (Å²) < 4.78 is 9.79. The van der Waals surface area contributed by atoms with E-state index in [4.69, 9.17) is 9.53 Å². The van der Waals surface area contributed by atoms with Gasteiger partial charge in [-0.05, 0) is 19.6 Å². The summed E-state index contributed by atoms with van der Waals surface area (Å²) >= 11 is 0. The summed E-state index contributed by atoms with van der Waals surface area (Å²) in [6.07, 6.45) is 0. The van der Waals surface area contributed by atoms with E-state index in [2.05, 4.69) is 29.8 Å². The zero-order valence-electron chi connectivity index (χ0n) is 6.47. The van der Waals surface area contributed by atoms with Crippen LogP contribution in [0.15, 0.2) is 0 Å². The topological polar surface area (TPSA) is 38.7 Å². The molecule has 0 unspecified atom stereocenters. The lowest BCUT2D eigenvalue weighted by atomic mass is 11.6. The van der Waals surface area contributed by atoms with Crippen LogP contribution in [-0.4, -0.2) is 29.4 Å². The maximum absolute atomic E-state index is 8.20. The summed E-state index contributed by atoms with van der Waals surface area (Å²) in [5.74, 6) is 0. The Hall–Kier alpha value is -0.226. The number of aliphatic hydroxyl groups is 1. The van der Waals surface area contributed by atoms with Crippen LogP contribution < -0.4 is 0 Å². The minimum Gasteiger partial charge on any atom is -0.504 e. The van der Waals surface area contributed by atoms with Crippen molar-refractivity contribution in [3.63, 3.8) is 0 Å². The average Bonchev–Trinajstić information content (AvgIpc) is 1.78. The number of aliphatic hydroxyl groups excluding tert-OH is 1. The molecular weight excluding hydrogens is 164 g/mol. The maximum atomic E-state index is 8.20. The van der Waals surface area contributed by atoms with Gasteiger partial charge in [-0.15, -0.1) is 0 Å². The Morgan fingerprint density at radius 1 is 1.50 bits per heavy atom. The molecule has 3 nitrogen and oxygen atoms in total. The number of hydrogen-bond acceptors (Lipinski definition) is 3. The standard InChI is InChI=1S/C5H12O3Si2/c1-10(2,3)8-5-9-7-4-6/h6H,4H2,1-3H3. The van der Waals surface area contributed by atoms with Crippen LogP contribution >= 0.6 is 0 Å². The van der Waals surface area contributed by atoms with Gasteiger partial charge in [-0.2, -0.15) is 0 Å². The van der Waals surface area contributed by atoms with Gasteiger partial charge in [0.25, 0.3) is 17.5 Å². The summed E-state index contributed by atoms with van der Waals surface area (Å²) in [7, 11) is -1.45. The van der Waals surface area contributed by atoms with Gasteiger partial charge in [0.2, 0.25) is 0 Å². The fourth-order valence-electron chi connectivity index (χ4n) is 0.236. The second kappa shape index (κ2) is 4.57. The van der Waals surface area contributed by atoms with Gasteiger partial charge in [-0.25, -0.2) is 0 Å². The number of rotatable bonds is 2. The fourth-order valence-corrected chi connectivity index (χ4v) is 1.75. The van der Waals surface area contributed by atoms with Crippen molar-refractivity contribution in [2.75, 3.05) is 6.79 Å². The lowest BCUT2D eigenvalue weighted by molar-refractivity contribution is 0.107. The van der Waals surface area contributed by atoms with Crippen molar-refractivity contribution in [2.45, 2.75) is 19.6 Å². The first-order chi connectivity index (χ1) is 4.56. The second-order valence-corrected chi connectivity index (χ2v) is 7.82. The van der Waals surface area contributed by atoms with Gasteiger partial charge in [0.1, 0.15) is 0 Å². The third kappa shape index (κ3) is 7.77. The quantitative estimate of drug-likeness (QED) is 0.487. The normalized spacial score (nSPS) is 9.60. The summed E-state index contributed by atoms with van der Waals surface area (Å²) in [5, 5.41) is 8.20. The van der Waals surface area contributed by atoms with E-state index in [0.29, 0.717) is 0 Å². The van der Waals surface area contributed by atoms with Crippen LogP contribution in [0.3, 0.4) is 0 Å². The maximum Gasteiger partial charge on any atom is 0.291 e. The number of hydrogen-bond donors (Lipinski definition) is 1. The van der Waals surface area contributed by atoms with E-state index < -0.39 is 8.32 Å². The van der Waals surface area contributed by atoms with Gasteiger partial charge in [0, 0.05) is 0 Å². The Bertz CT molecular complexity index is 141. The summed E-state index contributed by atoms with van der Waals surface area (Å²) in [5.41, 5.74) is 2.63. The molecule has 0 aromatic heterocycles. The molecule has 0 saturated carbocycles. The molecule has 0 fully saturated rings. The Balaban J connectivity index is 3.46. The summed E-state index contributed by atoms with van der Waals surface area (Å²) in [6.45, 7) is 5.91. The molecule has 1 N–H and O–H groups in total. The average molecular weight is 176 g/mol. The molecule has 0 heterocycles. The van der Waals surface area contributed by atoms with Crippen LogP contribution in [0, 0.1) is 5.68 Å². The van der Waals surface area contributed by atoms with E-state index in [1.54, 1.807) is 0 Å². The first-order valence-electron chi connectivity index (χ1n) is 2.97. The molecule has 0 aromatic carbocycles. The van der Waals surface area contributed by atoms with Crippen molar-refractivity contribution in [3.05, 3.63) is 0 Å². The summed E-state index contributed by atoms with van der Waals surface area (Å²) in [6, 6.07) is 0. The van der Waals surface area contributed by atoms with Crippen molar-refractivity contribution in [2.24, 2.45) is 0 Å². The predicted octanol–water partition coefficient (Wildman–Crippen LogP) is 0.340. The van der Waals surface area contributed by atoms with Crippen LogP contribution in [0.2, 0.25) is 19.6 Å². The summed E-state index contributed by atoms with van der Waals surface area (Å²) in [4.78, 5) is 0. The fraction of sp³-hybridized carbons (Fsp3) is 0.800. The molecule has 0 rings (SSSR count). The molecule has 5 heteroatoms. The minimum atomic E-state index is -1.47. The lowest BCUT2D eigenvalue weighted by Crippen LogP contribution is -2.22. The molecule has 0 atom stereocenters. The SMILES string of the molecule is C[Si](C)(C)OC#[Si]OCO. The highest BCUT2D eigenvalue weighted by Crippen LogP contribution is 1.99. The molecule has 0 aliphatic carbocycles. The zero-order valence-corrected chi connectivity index (χ0v) is 8.47. The van der Waals surface area contributed by atoms with E-state index >= 15 is 0 Å². The third-order valence-electron chi connectivity index (χ3n) is 0.536. The van der Waals surface area contributed by atoms with Gasteiger partial charge < -0.3 is 14.0 Å². The molecule has 0 radical (unpaired) electrons. The smallest absolute Gasteiger partial charge is 0.291 e. The van der Waals surface area contributed by atoms with Crippen molar-refractivity contribution in [1.29, 1.82) is 0 Å². The van der Waals surface area contributed by atoms with Crippen molar-refractivity contribution >= 4 is 17.5 Å². The minimum absolute atomic E-state index is 0.0183. The van der Waals surface area contributed by atoms with Crippen molar-refractivity contribution in [3.8, 4) is 5.68 Å². The highest BCUT2D eigenvalue weighted by atomic mass is 28.4. The van der Waals surface area contributed by atoms with E-state index in [1.165, 1.54) is 0 Å². The molecule has 0 aromatic rings. The van der Waals surface area contributed by atoms with Gasteiger partial charge in [0.05, 0.1) is 5.68 Å². The molecule has 10 heavy (non-hydrogen) atoms. The van der Waals surface area contributed by atoms with E-state index in [9.17, 15) is 0 Å². The van der Waals surface area contributed by atoms with E-state index in [-0.39, 0.29) is 16.0 Å². The first-order valence-corrected chi connectivity index (χ1v) is 7.28. The Morgan fingerprint density at radius 2 is 2.10 bits per heavy atom. The molecule has 0 bridgehead atoms. The molecule has 0 amide bonds. The van der Waals surface area contributed by atoms with Crippen LogP contribution in [-0.2, 0) is 8.85 Å². The molecule has 0 saturated heterocycles. The van der Waals surface area contributed by atoms with Crippen LogP contribution in [0.25, 0.3) is 0 Å². The molecule has 0 aliphatic heterocycles. The van der Waals surface area contributed by atoms with Gasteiger partial charge in [0.15, 0.2) is 6.79 Å². The molecule has 0 aliphatic rings. The largest absolute Gasteiger partial charge is 0.504 e. The van der Waals surface area contributed by atoms with Crippen molar-refractivity contribution < 1.29 is 14.0 Å². The Morgan fingerprint density at radius 3 is 2.50 bits per heavy atom. The Labute approximate surface area is 64.3 Å². The second-order valence-electron chi connectivity index (χ2n) is 2.69. The van der Waals surface area contributed by atoms with Gasteiger partial charge in [-0.1, -0.05) is 0 Å². The third-order valence-corrected chi connectivity index (χ3v) is 1.91. The zero-order chi connectivity index (χ0) is 8.04. The van der Waals surface area contributed by atoms with Crippen molar-refractivity contribution in [1.82, 2.24) is 0 Å².